The smallest absolute Gasteiger partial charge is 0.316 e. The van der Waals surface area contributed by atoms with Crippen molar-refractivity contribution in [3.8, 4) is 0 Å². The molecular weight excluding hydrogens is 212 g/mol. The summed E-state index contributed by atoms with van der Waals surface area (Å²) < 4.78 is 0. The van der Waals surface area contributed by atoms with E-state index in [0.29, 0.717) is 10.0 Å². The van der Waals surface area contributed by atoms with E-state index < -0.39 is 11.2 Å². The summed E-state index contributed by atoms with van der Waals surface area (Å²) in [5, 5.41) is 8.93. The summed E-state index contributed by atoms with van der Waals surface area (Å²) in [6.07, 6.45) is 2.77. The molecule has 0 saturated heterocycles. The number of aromatic nitrogens is 2. The van der Waals surface area contributed by atoms with E-state index in [1.165, 1.54) is 12.5 Å². The topological polar surface area (TPSA) is 63.1 Å². The second-order valence-electron chi connectivity index (χ2n) is 2.27. The lowest BCUT2D eigenvalue weighted by Gasteiger charge is -2.05. The molecule has 0 fully saturated rings. The number of rotatable bonds is 3. The van der Waals surface area contributed by atoms with Crippen molar-refractivity contribution in [2.75, 3.05) is 0 Å². The molecule has 0 amide bonds. The van der Waals surface area contributed by atoms with E-state index in [1.54, 1.807) is 6.92 Å². The highest BCUT2D eigenvalue weighted by Gasteiger charge is 2.14. The fraction of sp³-hybridized carbons (Fsp3) is 0.286. The summed E-state index contributed by atoms with van der Waals surface area (Å²) in [5.74, 6) is -0.889. The van der Waals surface area contributed by atoms with Crippen molar-refractivity contribution in [3.63, 3.8) is 0 Å². The Morgan fingerprint density at radius 2 is 2.46 bits per heavy atom. The van der Waals surface area contributed by atoms with Crippen molar-refractivity contribution in [3.05, 3.63) is 17.5 Å². The number of aliphatic carboxylic acids is 1. The molecule has 1 heterocycles. The van der Waals surface area contributed by atoms with E-state index in [9.17, 15) is 4.79 Å². The van der Waals surface area contributed by atoms with Crippen molar-refractivity contribution in [2.24, 2.45) is 0 Å². The molecule has 1 atom stereocenters. The maximum atomic E-state index is 10.5. The molecule has 70 valence electrons. The summed E-state index contributed by atoms with van der Waals surface area (Å²) in [5.41, 5.74) is 0. The zero-order valence-electron chi connectivity index (χ0n) is 6.77. The molecule has 0 radical (unpaired) electrons. The Bertz CT molecular complexity index is 321. The first kappa shape index (κ1) is 10.3. The van der Waals surface area contributed by atoms with Gasteiger partial charge >= 0.3 is 5.97 Å². The van der Waals surface area contributed by atoms with Gasteiger partial charge in [0.05, 0.1) is 11.2 Å². The van der Waals surface area contributed by atoms with Gasteiger partial charge in [-0.1, -0.05) is 23.4 Å². The molecule has 1 aromatic heterocycles. The molecule has 1 rings (SSSR count). The highest BCUT2D eigenvalue weighted by Crippen LogP contribution is 2.26. The van der Waals surface area contributed by atoms with Crippen molar-refractivity contribution in [2.45, 2.75) is 17.2 Å². The Labute approximate surface area is 84.3 Å². The third-order valence-corrected chi connectivity index (χ3v) is 2.76. The minimum absolute atomic E-state index is 0.376. The number of carbonyl (C=O) groups is 1. The fourth-order valence-corrected chi connectivity index (χ4v) is 1.55. The molecule has 1 aromatic rings. The first-order chi connectivity index (χ1) is 6.11. The molecule has 0 bridgehead atoms. The van der Waals surface area contributed by atoms with Crippen LogP contribution in [0, 0.1) is 0 Å². The Balaban J connectivity index is 2.74. The molecule has 1 N–H and O–H groups in total. The van der Waals surface area contributed by atoms with E-state index in [-0.39, 0.29) is 0 Å². The lowest BCUT2D eigenvalue weighted by atomic mass is 10.5. The molecule has 1 unspecified atom stereocenters. The Morgan fingerprint density at radius 1 is 1.77 bits per heavy atom. The van der Waals surface area contributed by atoms with Crippen molar-refractivity contribution in [1.29, 1.82) is 0 Å². The SMILES string of the molecule is CC(Sc1ncncc1Cl)C(=O)O. The van der Waals surface area contributed by atoms with E-state index in [1.807, 2.05) is 0 Å². The van der Waals surface area contributed by atoms with Gasteiger partial charge in [0.1, 0.15) is 16.6 Å². The van der Waals surface area contributed by atoms with Crippen LogP contribution in [0.5, 0.6) is 0 Å². The first-order valence-corrected chi connectivity index (χ1v) is 4.72. The van der Waals surface area contributed by atoms with E-state index in [4.69, 9.17) is 16.7 Å². The van der Waals surface area contributed by atoms with Gasteiger partial charge in [-0.3, -0.25) is 4.79 Å². The van der Waals surface area contributed by atoms with Crippen molar-refractivity contribution >= 4 is 29.3 Å². The minimum Gasteiger partial charge on any atom is -0.480 e. The predicted molar refractivity (Wildman–Crippen MR) is 50.0 cm³/mol. The number of hydrogen-bond donors (Lipinski definition) is 1. The number of thioether (sulfide) groups is 1. The van der Waals surface area contributed by atoms with Crippen LogP contribution >= 0.6 is 23.4 Å². The predicted octanol–water partition coefficient (Wildman–Crippen LogP) is 1.70. The molecule has 0 saturated carbocycles. The molecule has 0 aliphatic heterocycles. The molecule has 6 heteroatoms. The minimum atomic E-state index is -0.889. The van der Waals surface area contributed by atoms with Gasteiger partial charge in [0.2, 0.25) is 0 Å². The van der Waals surface area contributed by atoms with Crippen LogP contribution in [0.25, 0.3) is 0 Å². The summed E-state index contributed by atoms with van der Waals surface area (Å²) >= 11 is 6.83. The molecule has 0 aromatic carbocycles. The van der Waals surface area contributed by atoms with Gasteiger partial charge in [0.25, 0.3) is 0 Å². The van der Waals surface area contributed by atoms with Crippen molar-refractivity contribution < 1.29 is 9.90 Å². The molecule has 0 aliphatic rings. The fourth-order valence-electron chi connectivity index (χ4n) is 0.606. The lowest BCUT2D eigenvalue weighted by molar-refractivity contribution is -0.136. The van der Waals surface area contributed by atoms with Gasteiger partial charge in [-0.2, -0.15) is 0 Å². The first-order valence-electron chi connectivity index (χ1n) is 3.46. The Kier molecular flexibility index (Phi) is 3.50. The summed E-state index contributed by atoms with van der Waals surface area (Å²) in [7, 11) is 0. The average molecular weight is 219 g/mol. The lowest BCUT2D eigenvalue weighted by Crippen LogP contribution is -2.11. The summed E-state index contributed by atoms with van der Waals surface area (Å²) in [4.78, 5) is 18.1. The molecule has 0 aliphatic carbocycles. The van der Waals surface area contributed by atoms with Gasteiger partial charge in [0, 0.05) is 0 Å². The van der Waals surface area contributed by atoms with Crippen LogP contribution in [0.4, 0.5) is 0 Å². The average Bonchev–Trinajstić information content (AvgIpc) is 2.08. The number of carboxylic acid groups (broad SMARTS) is 1. The summed E-state index contributed by atoms with van der Waals surface area (Å²) in [6.45, 7) is 1.57. The van der Waals surface area contributed by atoms with Gasteiger partial charge in [-0.05, 0) is 6.92 Å². The largest absolute Gasteiger partial charge is 0.480 e. The van der Waals surface area contributed by atoms with Crippen LogP contribution in [0.3, 0.4) is 0 Å². The molecular formula is C7H7ClN2O2S. The number of nitrogens with zero attached hydrogens (tertiary/aromatic N) is 2. The molecule has 13 heavy (non-hydrogen) atoms. The van der Waals surface area contributed by atoms with Crippen molar-refractivity contribution in [1.82, 2.24) is 9.97 Å². The Morgan fingerprint density at radius 3 is 3.00 bits per heavy atom. The van der Waals surface area contributed by atoms with Crippen LogP contribution in [-0.4, -0.2) is 26.3 Å². The van der Waals surface area contributed by atoms with Crippen LogP contribution in [0.15, 0.2) is 17.6 Å². The van der Waals surface area contributed by atoms with E-state index >= 15 is 0 Å². The number of carboxylic acids is 1. The van der Waals surface area contributed by atoms with E-state index in [0.717, 1.165) is 11.8 Å². The highest BCUT2D eigenvalue weighted by molar-refractivity contribution is 8.00. The van der Waals surface area contributed by atoms with Crippen LogP contribution in [-0.2, 0) is 4.79 Å². The van der Waals surface area contributed by atoms with E-state index in [2.05, 4.69) is 9.97 Å². The quantitative estimate of drug-likeness (QED) is 0.618. The second kappa shape index (κ2) is 4.43. The normalized spacial score (nSPS) is 12.5. The maximum absolute atomic E-state index is 10.5. The van der Waals surface area contributed by atoms with Gasteiger partial charge in [-0.15, -0.1) is 0 Å². The Hall–Kier alpha value is -0.810. The monoisotopic (exact) mass is 218 g/mol. The second-order valence-corrected chi connectivity index (χ2v) is 4.01. The van der Waals surface area contributed by atoms with Gasteiger partial charge in [0.15, 0.2) is 0 Å². The number of hydrogen-bond acceptors (Lipinski definition) is 4. The van der Waals surface area contributed by atoms with Gasteiger partial charge < -0.3 is 5.11 Å². The van der Waals surface area contributed by atoms with Crippen LogP contribution in [0.1, 0.15) is 6.92 Å². The zero-order valence-corrected chi connectivity index (χ0v) is 8.34. The highest BCUT2D eigenvalue weighted by atomic mass is 35.5. The third kappa shape index (κ3) is 2.86. The van der Waals surface area contributed by atoms with Crippen LogP contribution in [0.2, 0.25) is 5.02 Å². The molecule has 4 nitrogen and oxygen atoms in total. The standard InChI is InChI=1S/C7H7ClN2O2S/c1-4(7(11)12)13-6-5(8)2-9-3-10-6/h2-4H,1H3,(H,11,12). The third-order valence-electron chi connectivity index (χ3n) is 1.27. The van der Waals surface area contributed by atoms with Gasteiger partial charge in [-0.25, -0.2) is 9.97 Å². The maximum Gasteiger partial charge on any atom is 0.316 e. The van der Waals surface area contributed by atoms with Crippen LogP contribution < -0.4 is 0 Å². The molecule has 0 spiro atoms. The summed E-state index contributed by atoms with van der Waals surface area (Å²) in [6, 6.07) is 0. The number of halogens is 1. The zero-order chi connectivity index (χ0) is 9.84.